The van der Waals surface area contributed by atoms with Crippen molar-refractivity contribution in [2.24, 2.45) is 34.5 Å². The topological polar surface area (TPSA) is 84.9 Å². The Labute approximate surface area is 220 Å². The van der Waals surface area contributed by atoms with Crippen LogP contribution in [0, 0.1) is 34.5 Å². The number of allylic oxidation sites excluding steroid dienone is 4. The molecular weight excluding hydrogens is 466 g/mol. The standard InChI is InChI=1S/C31H41NO5/c1-29(2,24-8-6-7-9-26(24)36-5)32-27(33)25-13-12-22-21-11-10-19-18-20(37-28(34)35)14-16-30(19,3)23(21)15-17-31(22,25)4/h6-10,18,21-23,25H,11-17H2,1-5H3,(H,32,33)(H,34,35)/t21-,22-,23-,25?,30-,31-/m0/s1. The van der Waals surface area contributed by atoms with Crippen molar-refractivity contribution in [3.05, 3.63) is 53.3 Å². The number of carbonyl (C=O) groups is 2. The van der Waals surface area contributed by atoms with E-state index in [4.69, 9.17) is 14.6 Å². The van der Waals surface area contributed by atoms with Crippen molar-refractivity contribution in [1.29, 1.82) is 0 Å². The van der Waals surface area contributed by atoms with Gasteiger partial charge in [0.25, 0.3) is 0 Å². The summed E-state index contributed by atoms with van der Waals surface area (Å²) in [7, 11) is 1.67. The number of rotatable bonds is 5. The van der Waals surface area contributed by atoms with Gasteiger partial charge in [0, 0.05) is 17.9 Å². The van der Waals surface area contributed by atoms with Gasteiger partial charge in [-0.15, -0.1) is 0 Å². The highest BCUT2D eigenvalue weighted by atomic mass is 16.7. The lowest BCUT2D eigenvalue weighted by molar-refractivity contribution is -0.133. The molecule has 2 N–H and O–H groups in total. The van der Waals surface area contributed by atoms with Gasteiger partial charge in [-0.3, -0.25) is 4.79 Å². The summed E-state index contributed by atoms with van der Waals surface area (Å²) in [6, 6.07) is 7.91. The van der Waals surface area contributed by atoms with Crippen LogP contribution in [0.4, 0.5) is 4.79 Å². The molecule has 2 saturated carbocycles. The van der Waals surface area contributed by atoms with Crippen molar-refractivity contribution in [2.75, 3.05) is 7.11 Å². The number of hydrogen-bond acceptors (Lipinski definition) is 4. The molecule has 6 heteroatoms. The third-order valence-corrected chi connectivity index (χ3v) is 10.5. The first-order valence-corrected chi connectivity index (χ1v) is 13.8. The van der Waals surface area contributed by atoms with E-state index in [1.165, 1.54) is 5.57 Å². The summed E-state index contributed by atoms with van der Waals surface area (Å²) in [5, 5.41) is 12.4. The highest BCUT2D eigenvalue weighted by molar-refractivity contribution is 5.81. The van der Waals surface area contributed by atoms with E-state index in [2.05, 4.69) is 39.1 Å². The number of methoxy groups -OCH3 is 1. The van der Waals surface area contributed by atoms with Crippen LogP contribution in [0.2, 0.25) is 0 Å². The molecule has 0 aromatic heterocycles. The van der Waals surface area contributed by atoms with Crippen LogP contribution in [0.25, 0.3) is 0 Å². The van der Waals surface area contributed by atoms with Crippen molar-refractivity contribution in [1.82, 2.24) is 5.32 Å². The highest BCUT2D eigenvalue weighted by Gasteiger charge is 2.59. The fourth-order valence-corrected chi connectivity index (χ4v) is 8.55. The van der Waals surface area contributed by atoms with E-state index in [0.29, 0.717) is 29.9 Å². The minimum absolute atomic E-state index is 0.00688. The molecule has 6 atom stereocenters. The molecule has 0 spiro atoms. The van der Waals surface area contributed by atoms with E-state index in [0.717, 1.165) is 49.8 Å². The summed E-state index contributed by atoms with van der Waals surface area (Å²) in [4.78, 5) is 24.9. The Bertz CT molecular complexity index is 1150. The molecule has 6 nitrogen and oxygen atoms in total. The summed E-state index contributed by atoms with van der Waals surface area (Å²) < 4.78 is 10.6. The molecule has 0 radical (unpaired) electrons. The van der Waals surface area contributed by atoms with E-state index in [1.54, 1.807) is 7.11 Å². The highest BCUT2D eigenvalue weighted by Crippen LogP contribution is 2.66. The maximum atomic E-state index is 13.8. The Morgan fingerprint density at radius 3 is 2.57 bits per heavy atom. The fourth-order valence-electron chi connectivity index (χ4n) is 8.55. The Morgan fingerprint density at radius 2 is 1.84 bits per heavy atom. The van der Waals surface area contributed by atoms with Gasteiger partial charge in [0.05, 0.1) is 12.6 Å². The number of carboxylic acid groups (broad SMARTS) is 1. The van der Waals surface area contributed by atoms with E-state index in [9.17, 15) is 9.59 Å². The minimum Gasteiger partial charge on any atom is -0.496 e. The van der Waals surface area contributed by atoms with E-state index >= 15 is 0 Å². The number of amides is 1. The third-order valence-electron chi connectivity index (χ3n) is 10.5. The summed E-state index contributed by atoms with van der Waals surface area (Å²) in [5.41, 5.74) is 1.73. The predicted octanol–water partition coefficient (Wildman–Crippen LogP) is 6.81. The molecule has 0 heterocycles. The van der Waals surface area contributed by atoms with Gasteiger partial charge in [0.15, 0.2) is 0 Å². The number of para-hydroxylation sites is 1. The third kappa shape index (κ3) is 4.26. The predicted molar refractivity (Wildman–Crippen MR) is 142 cm³/mol. The maximum absolute atomic E-state index is 13.8. The fraction of sp³-hybridized carbons (Fsp3) is 0.613. The summed E-state index contributed by atoms with van der Waals surface area (Å²) in [6.07, 6.45) is 9.83. The van der Waals surface area contributed by atoms with Crippen molar-refractivity contribution >= 4 is 12.1 Å². The second-order valence-corrected chi connectivity index (χ2v) is 12.7. The van der Waals surface area contributed by atoms with Crippen molar-refractivity contribution in [3.8, 4) is 5.75 Å². The molecule has 4 aliphatic carbocycles. The summed E-state index contributed by atoms with van der Waals surface area (Å²) >= 11 is 0. The summed E-state index contributed by atoms with van der Waals surface area (Å²) in [5.74, 6) is 3.15. The number of carbonyl (C=O) groups excluding carboxylic acids is 1. The first-order valence-electron chi connectivity index (χ1n) is 13.8. The van der Waals surface area contributed by atoms with Crippen LogP contribution >= 0.6 is 0 Å². The average molecular weight is 508 g/mol. The zero-order valence-electron chi connectivity index (χ0n) is 22.8. The molecule has 1 aromatic rings. The van der Waals surface area contributed by atoms with Gasteiger partial charge in [-0.2, -0.15) is 0 Å². The maximum Gasteiger partial charge on any atom is 0.511 e. The molecule has 37 heavy (non-hydrogen) atoms. The smallest absolute Gasteiger partial charge is 0.496 e. The Balaban J connectivity index is 1.35. The van der Waals surface area contributed by atoms with Crippen LogP contribution in [0.1, 0.15) is 78.2 Å². The van der Waals surface area contributed by atoms with Crippen LogP contribution < -0.4 is 10.1 Å². The lowest BCUT2D eigenvalue weighted by atomic mass is 9.48. The van der Waals surface area contributed by atoms with E-state index in [-0.39, 0.29) is 22.7 Å². The number of fused-ring (bicyclic) bond motifs is 5. The van der Waals surface area contributed by atoms with Gasteiger partial charge < -0.3 is 19.9 Å². The van der Waals surface area contributed by atoms with Gasteiger partial charge in [-0.25, -0.2) is 4.79 Å². The Kier molecular flexibility index (Phi) is 6.44. The quantitative estimate of drug-likeness (QED) is 0.428. The van der Waals surface area contributed by atoms with Gasteiger partial charge >= 0.3 is 6.16 Å². The zero-order valence-corrected chi connectivity index (χ0v) is 22.8. The molecule has 0 saturated heterocycles. The van der Waals surface area contributed by atoms with E-state index < -0.39 is 11.7 Å². The molecule has 5 rings (SSSR count). The molecule has 1 unspecified atom stereocenters. The van der Waals surface area contributed by atoms with Crippen LogP contribution in [0.3, 0.4) is 0 Å². The summed E-state index contributed by atoms with van der Waals surface area (Å²) in [6.45, 7) is 8.84. The zero-order chi connectivity index (χ0) is 26.6. The Hall–Kier alpha value is -2.76. The van der Waals surface area contributed by atoms with Crippen molar-refractivity contribution < 1.29 is 24.2 Å². The first kappa shape index (κ1) is 25.9. The molecule has 200 valence electrons. The van der Waals surface area contributed by atoms with Gasteiger partial charge in [-0.05, 0) is 98.7 Å². The number of hydrogen-bond donors (Lipinski definition) is 2. The van der Waals surface area contributed by atoms with Gasteiger partial charge in [-0.1, -0.05) is 38.1 Å². The average Bonchev–Trinajstić information content (AvgIpc) is 3.21. The van der Waals surface area contributed by atoms with Gasteiger partial charge in [0.1, 0.15) is 11.5 Å². The lowest BCUT2D eigenvalue weighted by Crippen LogP contribution is -2.52. The monoisotopic (exact) mass is 507 g/mol. The number of nitrogens with one attached hydrogen (secondary N) is 1. The second-order valence-electron chi connectivity index (χ2n) is 12.7. The molecular formula is C31H41NO5. The molecule has 0 aliphatic heterocycles. The van der Waals surface area contributed by atoms with Crippen LogP contribution in [-0.4, -0.2) is 24.3 Å². The Morgan fingerprint density at radius 1 is 1.08 bits per heavy atom. The van der Waals surface area contributed by atoms with E-state index in [1.807, 2.05) is 30.3 Å². The number of benzene rings is 1. The molecule has 0 bridgehead atoms. The van der Waals surface area contributed by atoms with Crippen LogP contribution in [-0.2, 0) is 15.1 Å². The minimum atomic E-state index is -1.23. The second kappa shape index (κ2) is 9.21. The SMILES string of the molecule is COc1ccccc1C(C)(C)NC(=O)C1CC[C@H]2[C@@H]3CC=C4C=C(OC(=O)O)CC[C@]4(C)[C@H]3CC[C@]12C. The molecule has 1 aromatic carbocycles. The molecule has 1 amide bonds. The normalized spacial score (nSPS) is 34.7. The lowest BCUT2D eigenvalue weighted by Gasteiger charge is -2.57. The van der Waals surface area contributed by atoms with Crippen molar-refractivity contribution in [3.63, 3.8) is 0 Å². The van der Waals surface area contributed by atoms with Crippen LogP contribution in [0.15, 0.2) is 47.7 Å². The first-order chi connectivity index (χ1) is 17.5. The van der Waals surface area contributed by atoms with Crippen molar-refractivity contribution in [2.45, 2.75) is 78.2 Å². The van der Waals surface area contributed by atoms with Crippen LogP contribution in [0.5, 0.6) is 5.75 Å². The number of ether oxygens (including phenoxy) is 2. The molecule has 2 fully saturated rings. The largest absolute Gasteiger partial charge is 0.511 e. The molecule has 4 aliphatic rings. The van der Waals surface area contributed by atoms with Gasteiger partial charge in [0.2, 0.25) is 5.91 Å².